The molecular weight excluding hydrogens is 628 g/mol. The Balaban J connectivity index is 1.30. The highest BCUT2D eigenvalue weighted by atomic mass is 79.9. The fourth-order valence-corrected chi connectivity index (χ4v) is 5.48. The highest BCUT2D eigenvalue weighted by molar-refractivity contribution is 9.10. The molecular formula is C25H20Br2N4O3S2. The van der Waals surface area contributed by atoms with Gasteiger partial charge in [-0.2, -0.15) is 5.10 Å². The van der Waals surface area contributed by atoms with Gasteiger partial charge in [-0.15, -0.1) is 10.2 Å². The van der Waals surface area contributed by atoms with Crippen LogP contribution in [0.15, 0.2) is 85.1 Å². The molecule has 1 N–H and O–H groups in total. The number of methoxy groups -OCH3 is 1. The molecule has 0 fully saturated rings. The van der Waals surface area contributed by atoms with Crippen LogP contribution in [0.25, 0.3) is 10.6 Å². The zero-order chi connectivity index (χ0) is 25.3. The minimum atomic E-state index is -0.242. The quantitative estimate of drug-likeness (QED) is 0.119. The summed E-state index contributed by atoms with van der Waals surface area (Å²) in [7, 11) is 1.57. The number of nitrogens with zero attached hydrogens (tertiary/aromatic N) is 3. The van der Waals surface area contributed by atoms with Crippen molar-refractivity contribution in [1.29, 1.82) is 0 Å². The van der Waals surface area contributed by atoms with Gasteiger partial charge in [-0.3, -0.25) is 4.79 Å². The van der Waals surface area contributed by atoms with Gasteiger partial charge in [-0.25, -0.2) is 5.43 Å². The Morgan fingerprint density at radius 2 is 1.89 bits per heavy atom. The molecule has 1 heterocycles. The van der Waals surface area contributed by atoms with Crippen LogP contribution in [-0.4, -0.2) is 35.2 Å². The van der Waals surface area contributed by atoms with Crippen LogP contribution in [0.2, 0.25) is 0 Å². The van der Waals surface area contributed by atoms with E-state index in [4.69, 9.17) is 9.47 Å². The van der Waals surface area contributed by atoms with Gasteiger partial charge >= 0.3 is 0 Å². The number of hydrogen-bond donors (Lipinski definition) is 1. The van der Waals surface area contributed by atoms with Crippen molar-refractivity contribution in [1.82, 2.24) is 15.6 Å². The minimum absolute atomic E-state index is 0.177. The van der Waals surface area contributed by atoms with E-state index in [1.807, 2.05) is 60.7 Å². The molecule has 0 saturated heterocycles. The number of ether oxygens (including phenoxy) is 2. The van der Waals surface area contributed by atoms with Gasteiger partial charge in [0.15, 0.2) is 15.8 Å². The lowest BCUT2D eigenvalue weighted by Gasteiger charge is -2.13. The van der Waals surface area contributed by atoms with Crippen LogP contribution >= 0.6 is 55.0 Å². The molecule has 0 atom stereocenters. The predicted molar refractivity (Wildman–Crippen MR) is 151 cm³/mol. The maximum atomic E-state index is 12.2. The van der Waals surface area contributed by atoms with E-state index in [0.29, 0.717) is 22.6 Å². The minimum Gasteiger partial charge on any atom is -0.493 e. The Morgan fingerprint density at radius 3 is 2.64 bits per heavy atom. The van der Waals surface area contributed by atoms with Crippen molar-refractivity contribution in [2.75, 3.05) is 12.9 Å². The first-order valence-corrected chi connectivity index (χ1v) is 14.0. The molecule has 1 aromatic heterocycles. The van der Waals surface area contributed by atoms with E-state index in [1.54, 1.807) is 19.4 Å². The summed E-state index contributed by atoms with van der Waals surface area (Å²) in [5, 5.41) is 13.2. The molecule has 0 saturated carbocycles. The number of benzene rings is 3. The summed E-state index contributed by atoms with van der Waals surface area (Å²) in [5.74, 6) is 1.07. The summed E-state index contributed by atoms with van der Waals surface area (Å²) in [4.78, 5) is 12.2. The summed E-state index contributed by atoms with van der Waals surface area (Å²) in [6.45, 7) is 0.394. The fraction of sp³-hybridized carbons (Fsp3) is 0.120. The number of thioether (sulfide) groups is 1. The fourth-order valence-electron chi connectivity index (χ4n) is 2.99. The van der Waals surface area contributed by atoms with E-state index < -0.39 is 0 Å². The Kier molecular flexibility index (Phi) is 9.51. The second kappa shape index (κ2) is 13.0. The van der Waals surface area contributed by atoms with Crippen LogP contribution in [-0.2, 0) is 11.4 Å². The average Bonchev–Trinajstić information content (AvgIpc) is 3.37. The number of rotatable bonds is 10. The van der Waals surface area contributed by atoms with E-state index in [0.717, 1.165) is 30.5 Å². The topological polar surface area (TPSA) is 85.7 Å². The van der Waals surface area contributed by atoms with Crippen molar-refractivity contribution in [3.63, 3.8) is 0 Å². The predicted octanol–water partition coefficient (Wildman–Crippen LogP) is 6.56. The van der Waals surface area contributed by atoms with Gasteiger partial charge in [-0.1, -0.05) is 81.5 Å². The first-order chi connectivity index (χ1) is 17.5. The number of hydrazone groups is 1. The summed E-state index contributed by atoms with van der Waals surface area (Å²) >= 11 is 9.73. The lowest BCUT2D eigenvalue weighted by atomic mass is 10.2. The maximum Gasteiger partial charge on any atom is 0.250 e. The maximum absolute atomic E-state index is 12.2. The molecule has 0 aliphatic carbocycles. The van der Waals surface area contributed by atoms with Crippen LogP contribution in [0.5, 0.6) is 11.5 Å². The van der Waals surface area contributed by atoms with Crippen molar-refractivity contribution < 1.29 is 14.3 Å². The smallest absolute Gasteiger partial charge is 0.250 e. The van der Waals surface area contributed by atoms with Gasteiger partial charge in [0.25, 0.3) is 5.91 Å². The number of halogens is 2. The van der Waals surface area contributed by atoms with E-state index in [-0.39, 0.29) is 11.7 Å². The molecule has 0 unspecified atom stereocenters. The van der Waals surface area contributed by atoms with Crippen molar-refractivity contribution in [3.05, 3.63) is 86.8 Å². The lowest BCUT2D eigenvalue weighted by molar-refractivity contribution is -0.118. The van der Waals surface area contributed by atoms with Gasteiger partial charge in [0, 0.05) is 10.0 Å². The molecule has 3 aromatic carbocycles. The molecule has 184 valence electrons. The molecule has 0 spiro atoms. The van der Waals surface area contributed by atoms with Crippen LogP contribution in [0.4, 0.5) is 0 Å². The monoisotopic (exact) mass is 646 g/mol. The third-order valence-electron chi connectivity index (χ3n) is 4.71. The van der Waals surface area contributed by atoms with Crippen LogP contribution in [0.3, 0.4) is 0 Å². The third kappa shape index (κ3) is 7.39. The Morgan fingerprint density at radius 1 is 1.11 bits per heavy atom. The molecule has 4 rings (SSSR count). The number of amides is 1. The lowest BCUT2D eigenvalue weighted by Crippen LogP contribution is -2.19. The van der Waals surface area contributed by atoms with Crippen molar-refractivity contribution in [2.45, 2.75) is 10.9 Å². The second-order valence-corrected chi connectivity index (χ2v) is 11.2. The standard InChI is InChI=1S/C25H20Br2N4O3S2/c1-33-21-12-17(11-20(27)23(21)34-14-16-7-9-19(26)10-8-16)13-28-29-22(32)15-35-25-31-30-24(36-25)18-5-3-2-4-6-18/h2-13H,14-15H2,1H3,(H,29,32). The van der Waals surface area contributed by atoms with Crippen molar-refractivity contribution >= 4 is 67.1 Å². The van der Waals surface area contributed by atoms with Crippen LogP contribution in [0, 0.1) is 0 Å². The molecule has 4 aromatic rings. The molecule has 11 heteroatoms. The molecule has 7 nitrogen and oxygen atoms in total. The van der Waals surface area contributed by atoms with Crippen LogP contribution in [0.1, 0.15) is 11.1 Å². The first-order valence-electron chi connectivity index (χ1n) is 10.6. The Hall–Kier alpha value is -2.73. The molecule has 1 amide bonds. The number of carbonyl (C=O) groups excluding carboxylic acids is 1. The van der Waals surface area contributed by atoms with E-state index >= 15 is 0 Å². The molecule has 0 aliphatic rings. The highest BCUT2D eigenvalue weighted by Gasteiger charge is 2.12. The van der Waals surface area contributed by atoms with Gasteiger partial charge in [0.2, 0.25) is 0 Å². The first kappa shape index (κ1) is 26.3. The zero-order valence-corrected chi connectivity index (χ0v) is 23.8. The van der Waals surface area contributed by atoms with Crippen molar-refractivity contribution in [2.24, 2.45) is 5.10 Å². The Labute approximate surface area is 233 Å². The molecule has 36 heavy (non-hydrogen) atoms. The molecule has 0 bridgehead atoms. The summed E-state index contributed by atoms with van der Waals surface area (Å²) in [5.41, 5.74) is 5.31. The van der Waals surface area contributed by atoms with Gasteiger partial charge < -0.3 is 9.47 Å². The number of carbonyl (C=O) groups is 1. The summed E-state index contributed by atoms with van der Waals surface area (Å²) < 4.78 is 13.9. The molecule has 0 radical (unpaired) electrons. The van der Waals surface area contributed by atoms with Crippen molar-refractivity contribution in [3.8, 4) is 22.1 Å². The van der Waals surface area contributed by atoms with Gasteiger partial charge in [0.05, 0.1) is 23.5 Å². The zero-order valence-electron chi connectivity index (χ0n) is 19.0. The van der Waals surface area contributed by atoms with E-state index in [9.17, 15) is 4.79 Å². The van der Waals surface area contributed by atoms with Gasteiger partial charge in [0.1, 0.15) is 11.6 Å². The number of hydrogen-bond acceptors (Lipinski definition) is 8. The SMILES string of the molecule is COc1cc(C=NNC(=O)CSc2nnc(-c3ccccc3)s2)cc(Br)c1OCc1ccc(Br)cc1. The normalized spacial score (nSPS) is 11.0. The largest absolute Gasteiger partial charge is 0.493 e. The highest BCUT2D eigenvalue weighted by Crippen LogP contribution is 2.37. The average molecular weight is 648 g/mol. The Bertz CT molecular complexity index is 1350. The summed E-state index contributed by atoms with van der Waals surface area (Å²) in [6, 6.07) is 21.3. The number of nitrogens with one attached hydrogen (secondary N) is 1. The van der Waals surface area contributed by atoms with Crippen LogP contribution < -0.4 is 14.9 Å². The van der Waals surface area contributed by atoms with Gasteiger partial charge in [-0.05, 0) is 51.3 Å². The number of aromatic nitrogens is 2. The summed E-state index contributed by atoms with van der Waals surface area (Å²) in [6.07, 6.45) is 1.55. The molecule has 0 aliphatic heterocycles. The van der Waals surface area contributed by atoms with E-state index in [1.165, 1.54) is 23.1 Å². The van der Waals surface area contributed by atoms with E-state index in [2.05, 4.69) is 52.6 Å². The second-order valence-electron chi connectivity index (χ2n) is 7.27. The third-order valence-corrected chi connectivity index (χ3v) is 7.93.